The number of nitrogens with one attached hydrogen (secondary N) is 1. The lowest BCUT2D eigenvalue weighted by molar-refractivity contribution is -0.148. The number of carbonyl (C=O) groups excluding carboxylic acids is 2. The molecule has 1 rings (SSSR count). The van der Waals surface area contributed by atoms with Crippen LogP contribution < -0.4 is 11.1 Å². The van der Waals surface area contributed by atoms with Gasteiger partial charge in [0, 0.05) is 6.54 Å². The van der Waals surface area contributed by atoms with Gasteiger partial charge in [0.15, 0.2) is 6.04 Å². The van der Waals surface area contributed by atoms with Crippen LogP contribution in [0.2, 0.25) is 0 Å². The molecule has 0 aliphatic heterocycles. The van der Waals surface area contributed by atoms with Crippen LogP contribution in [-0.4, -0.2) is 24.5 Å². The minimum absolute atomic E-state index is 0.100. The highest BCUT2D eigenvalue weighted by atomic mass is 19.1. The van der Waals surface area contributed by atoms with E-state index in [4.69, 9.17) is 5.73 Å². The van der Waals surface area contributed by atoms with Crippen molar-refractivity contribution < 1.29 is 18.7 Å². The standard InChI is InChI=1S/C13H17FN2O3/c1-3-19-13(18)11(15)12(17)16-7-9-5-4-8(2)10(14)6-9/h4-6,11H,3,7,15H2,1-2H3,(H,16,17). The number of carbonyl (C=O) groups is 2. The van der Waals surface area contributed by atoms with E-state index < -0.39 is 17.9 Å². The first-order valence-electron chi connectivity index (χ1n) is 5.90. The maximum absolute atomic E-state index is 13.3. The highest BCUT2D eigenvalue weighted by Gasteiger charge is 2.22. The van der Waals surface area contributed by atoms with Crippen LogP contribution in [0.5, 0.6) is 0 Å². The summed E-state index contributed by atoms with van der Waals surface area (Å²) in [5.74, 6) is -1.78. The summed E-state index contributed by atoms with van der Waals surface area (Å²) in [5.41, 5.74) is 6.52. The molecule has 0 heterocycles. The van der Waals surface area contributed by atoms with Gasteiger partial charge in [-0.25, -0.2) is 9.18 Å². The summed E-state index contributed by atoms with van der Waals surface area (Å²) in [7, 11) is 0. The number of halogens is 1. The normalized spacial score (nSPS) is 11.8. The van der Waals surface area contributed by atoms with E-state index in [-0.39, 0.29) is 19.0 Å². The summed E-state index contributed by atoms with van der Waals surface area (Å²) in [4.78, 5) is 22.8. The summed E-state index contributed by atoms with van der Waals surface area (Å²) in [5, 5.41) is 2.45. The summed E-state index contributed by atoms with van der Waals surface area (Å²) in [6, 6.07) is 3.26. The first kappa shape index (κ1) is 15.1. The van der Waals surface area contributed by atoms with E-state index >= 15 is 0 Å². The maximum atomic E-state index is 13.3. The number of aryl methyl sites for hydroxylation is 1. The number of esters is 1. The Labute approximate surface area is 110 Å². The van der Waals surface area contributed by atoms with Crippen molar-refractivity contribution in [3.05, 3.63) is 35.1 Å². The Morgan fingerprint density at radius 2 is 2.16 bits per heavy atom. The van der Waals surface area contributed by atoms with Gasteiger partial charge in [0.25, 0.3) is 0 Å². The van der Waals surface area contributed by atoms with E-state index in [0.717, 1.165) is 0 Å². The summed E-state index contributed by atoms with van der Waals surface area (Å²) in [6.07, 6.45) is 0. The summed E-state index contributed by atoms with van der Waals surface area (Å²) >= 11 is 0. The minimum atomic E-state index is -1.37. The molecule has 1 unspecified atom stereocenters. The van der Waals surface area contributed by atoms with E-state index in [1.54, 1.807) is 26.0 Å². The number of hydrogen-bond acceptors (Lipinski definition) is 4. The molecule has 0 saturated heterocycles. The van der Waals surface area contributed by atoms with Gasteiger partial charge >= 0.3 is 5.97 Å². The van der Waals surface area contributed by atoms with Gasteiger partial charge in [-0.3, -0.25) is 4.79 Å². The Morgan fingerprint density at radius 3 is 2.74 bits per heavy atom. The molecule has 6 heteroatoms. The molecule has 1 aromatic carbocycles. The van der Waals surface area contributed by atoms with Crippen LogP contribution in [0.1, 0.15) is 18.1 Å². The highest BCUT2D eigenvalue weighted by molar-refractivity contribution is 6.01. The average molecular weight is 268 g/mol. The molecule has 0 aromatic heterocycles. The van der Waals surface area contributed by atoms with Crippen molar-refractivity contribution in [2.45, 2.75) is 26.4 Å². The molecule has 0 radical (unpaired) electrons. The highest BCUT2D eigenvalue weighted by Crippen LogP contribution is 2.08. The molecule has 0 bridgehead atoms. The molecule has 1 amide bonds. The molecule has 1 atom stereocenters. The molecule has 104 valence electrons. The van der Waals surface area contributed by atoms with E-state index in [0.29, 0.717) is 11.1 Å². The van der Waals surface area contributed by atoms with Crippen molar-refractivity contribution in [2.24, 2.45) is 5.73 Å². The first-order chi connectivity index (χ1) is 8.95. The molecule has 5 nitrogen and oxygen atoms in total. The van der Waals surface area contributed by atoms with E-state index in [1.807, 2.05) is 0 Å². The lowest BCUT2D eigenvalue weighted by Crippen LogP contribution is -2.46. The minimum Gasteiger partial charge on any atom is -0.464 e. The number of hydrogen-bond donors (Lipinski definition) is 2. The monoisotopic (exact) mass is 268 g/mol. The van der Waals surface area contributed by atoms with Crippen molar-refractivity contribution in [1.82, 2.24) is 5.32 Å². The Hall–Kier alpha value is -1.95. The van der Waals surface area contributed by atoms with Gasteiger partial charge in [-0.15, -0.1) is 0 Å². The van der Waals surface area contributed by atoms with Crippen molar-refractivity contribution in [3.63, 3.8) is 0 Å². The van der Waals surface area contributed by atoms with Crippen LogP contribution in [0.4, 0.5) is 4.39 Å². The fourth-order valence-corrected chi connectivity index (χ4v) is 1.38. The second kappa shape index (κ2) is 6.84. The fraction of sp³-hybridized carbons (Fsp3) is 0.385. The van der Waals surface area contributed by atoms with Crippen molar-refractivity contribution in [2.75, 3.05) is 6.61 Å². The first-order valence-corrected chi connectivity index (χ1v) is 5.90. The third kappa shape index (κ3) is 4.33. The lowest BCUT2D eigenvalue weighted by atomic mass is 10.1. The Bertz CT molecular complexity index is 477. The van der Waals surface area contributed by atoms with Crippen LogP contribution in [0.25, 0.3) is 0 Å². The van der Waals surface area contributed by atoms with Crippen molar-refractivity contribution in [1.29, 1.82) is 0 Å². The van der Waals surface area contributed by atoms with E-state index in [1.165, 1.54) is 6.07 Å². The van der Waals surface area contributed by atoms with Crippen LogP contribution in [0.3, 0.4) is 0 Å². The summed E-state index contributed by atoms with van der Waals surface area (Å²) < 4.78 is 17.9. The van der Waals surface area contributed by atoms with Gasteiger partial charge in [0.05, 0.1) is 6.61 Å². The summed E-state index contributed by atoms with van der Waals surface area (Å²) in [6.45, 7) is 3.53. The Morgan fingerprint density at radius 1 is 1.47 bits per heavy atom. The van der Waals surface area contributed by atoms with Gasteiger partial charge in [0.2, 0.25) is 5.91 Å². The number of nitrogens with two attached hydrogens (primary N) is 1. The predicted molar refractivity (Wildman–Crippen MR) is 67.6 cm³/mol. The molecule has 0 aliphatic rings. The third-order valence-corrected chi connectivity index (χ3v) is 2.53. The van der Waals surface area contributed by atoms with Gasteiger partial charge in [-0.2, -0.15) is 0 Å². The Balaban J connectivity index is 2.54. The van der Waals surface area contributed by atoms with Gasteiger partial charge < -0.3 is 15.8 Å². The molecular weight excluding hydrogens is 251 g/mol. The molecule has 0 saturated carbocycles. The number of amides is 1. The lowest BCUT2D eigenvalue weighted by Gasteiger charge is -2.11. The van der Waals surface area contributed by atoms with E-state index in [9.17, 15) is 14.0 Å². The smallest absolute Gasteiger partial charge is 0.332 e. The molecule has 0 spiro atoms. The zero-order valence-corrected chi connectivity index (χ0v) is 10.9. The van der Waals surface area contributed by atoms with Crippen LogP contribution >= 0.6 is 0 Å². The van der Waals surface area contributed by atoms with Gasteiger partial charge in [-0.1, -0.05) is 12.1 Å². The molecule has 0 aliphatic carbocycles. The quantitative estimate of drug-likeness (QED) is 0.606. The van der Waals surface area contributed by atoms with Gasteiger partial charge in [-0.05, 0) is 31.0 Å². The fourth-order valence-electron chi connectivity index (χ4n) is 1.38. The van der Waals surface area contributed by atoms with Crippen molar-refractivity contribution in [3.8, 4) is 0 Å². The molecule has 19 heavy (non-hydrogen) atoms. The largest absolute Gasteiger partial charge is 0.464 e. The number of rotatable bonds is 5. The molecule has 0 fully saturated rings. The number of ether oxygens (including phenoxy) is 1. The van der Waals surface area contributed by atoms with Crippen molar-refractivity contribution >= 4 is 11.9 Å². The topological polar surface area (TPSA) is 81.4 Å². The molecular formula is C13H17FN2O3. The van der Waals surface area contributed by atoms with Crippen LogP contribution in [-0.2, 0) is 20.9 Å². The second-order valence-electron chi connectivity index (χ2n) is 4.03. The molecule has 3 N–H and O–H groups in total. The van der Waals surface area contributed by atoms with Crippen LogP contribution in [0.15, 0.2) is 18.2 Å². The SMILES string of the molecule is CCOC(=O)C(N)C(=O)NCc1ccc(C)c(F)c1. The zero-order valence-electron chi connectivity index (χ0n) is 10.9. The van der Waals surface area contributed by atoms with E-state index in [2.05, 4.69) is 10.1 Å². The number of benzene rings is 1. The van der Waals surface area contributed by atoms with Crippen LogP contribution in [0, 0.1) is 12.7 Å². The molecule has 1 aromatic rings. The Kier molecular flexibility index (Phi) is 5.44. The maximum Gasteiger partial charge on any atom is 0.332 e. The average Bonchev–Trinajstić information content (AvgIpc) is 2.39. The van der Waals surface area contributed by atoms with Gasteiger partial charge in [0.1, 0.15) is 5.82 Å². The predicted octanol–water partition coefficient (Wildman–Crippen LogP) is 0.641. The third-order valence-electron chi connectivity index (χ3n) is 2.53. The zero-order chi connectivity index (χ0) is 14.4. The second-order valence-corrected chi connectivity index (χ2v) is 4.03.